The predicted molar refractivity (Wildman–Crippen MR) is 165 cm³/mol. The summed E-state index contributed by atoms with van der Waals surface area (Å²) >= 11 is 0. The Hall–Kier alpha value is -3.55. The van der Waals surface area contributed by atoms with E-state index < -0.39 is 35.0 Å². The Morgan fingerprint density at radius 3 is 1.82 bits per heavy atom. The molecule has 0 N–H and O–H groups in total. The Bertz CT molecular complexity index is 1460. The first-order valence-corrected chi connectivity index (χ1v) is 16.3. The lowest BCUT2D eigenvalue weighted by Crippen LogP contribution is -2.26. The molecule has 3 aromatic rings. The molecule has 0 aromatic heterocycles. The van der Waals surface area contributed by atoms with Crippen molar-refractivity contribution in [2.45, 2.75) is 89.9 Å². The molecule has 0 unspecified atom stereocenters. The van der Waals surface area contributed by atoms with Crippen LogP contribution in [0.25, 0.3) is 0 Å². The van der Waals surface area contributed by atoms with Gasteiger partial charge in [0.2, 0.25) is 17.5 Å². The molecule has 4 nitrogen and oxygen atoms in total. The maximum Gasteiger partial charge on any atom is 0.343 e. The number of halogens is 4. The van der Waals surface area contributed by atoms with Crippen LogP contribution in [0.1, 0.15) is 111 Å². The Labute approximate surface area is 263 Å². The van der Waals surface area contributed by atoms with Crippen LogP contribution in [0.5, 0.6) is 17.2 Å². The van der Waals surface area contributed by atoms with Crippen LogP contribution in [0.2, 0.25) is 0 Å². The molecule has 0 spiro atoms. The summed E-state index contributed by atoms with van der Waals surface area (Å²) in [6.45, 7) is 4.24. The zero-order chi connectivity index (χ0) is 31.9. The van der Waals surface area contributed by atoms with E-state index in [1.807, 2.05) is 19.1 Å². The van der Waals surface area contributed by atoms with Crippen molar-refractivity contribution in [1.29, 1.82) is 0 Å². The molecule has 3 aromatic carbocycles. The highest BCUT2D eigenvalue weighted by Crippen LogP contribution is 2.47. The van der Waals surface area contributed by atoms with Gasteiger partial charge in [-0.1, -0.05) is 37.6 Å². The third-order valence-electron chi connectivity index (χ3n) is 9.62. The molecule has 2 saturated carbocycles. The third kappa shape index (κ3) is 7.47. The summed E-state index contributed by atoms with van der Waals surface area (Å²) in [5, 5.41) is 0. The number of benzene rings is 3. The van der Waals surface area contributed by atoms with Gasteiger partial charge in [0, 0.05) is 0 Å². The van der Waals surface area contributed by atoms with Crippen LogP contribution in [0, 0.1) is 35.1 Å². The Morgan fingerprint density at radius 1 is 0.644 bits per heavy atom. The van der Waals surface area contributed by atoms with Crippen LogP contribution in [-0.2, 0) is 0 Å². The van der Waals surface area contributed by atoms with Crippen LogP contribution in [0.4, 0.5) is 17.6 Å². The highest BCUT2D eigenvalue weighted by molar-refractivity contribution is 5.93. The van der Waals surface area contributed by atoms with E-state index in [4.69, 9.17) is 14.2 Å². The molecule has 2 fully saturated rings. The Kier molecular flexibility index (Phi) is 11.1. The van der Waals surface area contributed by atoms with Gasteiger partial charge in [-0.15, -0.1) is 0 Å². The highest BCUT2D eigenvalue weighted by atomic mass is 19.2. The molecule has 8 heteroatoms. The zero-order valence-electron chi connectivity index (χ0n) is 26.1. The molecule has 0 bridgehead atoms. The third-order valence-corrected chi connectivity index (χ3v) is 9.62. The van der Waals surface area contributed by atoms with E-state index in [9.17, 15) is 22.4 Å². The number of carbonyl (C=O) groups excluding carboxylic acids is 1. The van der Waals surface area contributed by atoms with Gasteiger partial charge in [-0.3, -0.25) is 0 Å². The van der Waals surface area contributed by atoms with Crippen molar-refractivity contribution in [2.24, 2.45) is 11.8 Å². The van der Waals surface area contributed by atoms with Gasteiger partial charge in [0.25, 0.3) is 0 Å². The Morgan fingerprint density at radius 2 is 1.18 bits per heavy atom. The Balaban J connectivity index is 1.16. The fourth-order valence-electron chi connectivity index (χ4n) is 7.16. The normalized spacial score (nSPS) is 21.7. The number of unbranched alkanes of at least 4 members (excludes halogenated alkanes) is 1. The van der Waals surface area contributed by atoms with Gasteiger partial charge in [-0.05, 0) is 124 Å². The molecule has 0 saturated heterocycles. The summed E-state index contributed by atoms with van der Waals surface area (Å²) in [6, 6.07) is 12.9. The standard InChI is InChI=1S/C37H42F4O4/c1-3-5-22-44-31-19-18-28(33(38)34(31)39)26-16-12-24(13-17-26)23-10-14-25(15-11-23)27-8-6-7-9-29(27)37(42)45-32-21-20-30(43-4-2)35(40)36(32)41/h6-9,18-21,23-26H,3-5,10-17,22H2,1-2H3/t23-,24-,25-,26-. The van der Waals surface area contributed by atoms with Crippen LogP contribution in [-0.4, -0.2) is 19.2 Å². The van der Waals surface area contributed by atoms with Crippen LogP contribution >= 0.6 is 0 Å². The monoisotopic (exact) mass is 626 g/mol. The van der Waals surface area contributed by atoms with Crippen molar-refractivity contribution >= 4 is 5.97 Å². The van der Waals surface area contributed by atoms with Gasteiger partial charge in [-0.25, -0.2) is 9.18 Å². The lowest BCUT2D eigenvalue weighted by atomic mass is 9.67. The van der Waals surface area contributed by atoms with Gasteiger partial charge in [0.15, 0.2) is 23.1 Å². The quantitative estimate of drug-likeness (QED) is 0.0920. The average molecular weight is 627 g/mol. The average Bonchev–Trinajstić information content (AvgIpc) is 3.07. The summed E-state index contributed by atoms with van der Waals surface area (Å²) < 4.78 is 74.4. The number of ether oxygens (including phenoxy) is 3. The SMILES string of the molecule is CCCCOc1ccc([C@H]2CC[C@H]([C@H]3CC[C@H](c4ccccc4C(=O)Oc4ccc(OCC)c(F)c4F)CC3)CC2)c(F)c1F. The first kappa shape index (κ1) is 32.8. The summed E-state index contributed by atoms with van der Waals surface area (Å²) in [5.41, 5.74) is 1.66. The summed E-state index contributed by atoms with van der Waals surface area (Å²) in [6.07, 6.45) is 9.15. The molecule has 242 valence electrons. The maximum atomic E-state index is 15.0. The van der Waals surface area contributed by atoms with E-state index in [0.717, 1.165) is 69.8 Å². The molecule has 0 aliphatic heterocycles. The fourth-order valence-corrected chi connectivity index (χ4v) is 7.16. The van der Waals surface area contributed by atoms with Crippen molar-refractivity contribution in [3.63, 3.8) is 0 Å². The summed E-state index contributed by atoms with van der Waals surface area (Å²) in [4.78, 5) is 13.1. The number of carbonyl (C=O) groups is 1. The van der Waals surface area contributed by atoms with Crippen molar-refractivity contribution in [1.82, 2.24) is 0 Å². The minimum absolute atomic E-state index is 0.00311. The topological polar surface area (TPSA) is 44.8 Å². The second kappa shape index (κ2) is 15.2. The summed E-state index contributed by atoms with van der Waals surface area (Å²) in [7, 11) is 0. The minimum atomic E-state index is -1.26. The van der Waals surface area contributed by atoms with Gasteiger partial charge in [0.1, 0.15) is 0 Å². The first-order valence-electron chi connectivity index (χ1n) is 16.3. The van der Waals surface area contributed by atoms with Crippen molar-refractivity contribution in [3.05, 3.63) is 88.5 Å². The lowest BCUT2D eigenvalue weighted by molar-refractivity contribution is 0.0723. The molecule has 0 heterocycles. The largest absolute Gasteiger partial charge is 0.491 e. The molecule has 0 amide bonds. The van der Waals surface area contributed by atoms with E-state index in [1.165, 1.54) is 12.1 Å². The van der Waals surface area contributed by atoms with Crippen LogP contribution < -0.4 is 14.2 Å². The van der Waals surface area contributed by atoms with Crippen molar-refractivity contribution in [2.75, 3.05) is 13.2 Å². The summed E-state index contributed by atoms with van der Waals surface area (Å²) in [5.74, 6) is -4.33. The van der Waals surface area contributed by atoms with E-state index in [-0.39, 0.29) is 29.9 Å². The van der Waals surface area contributed by atoms with Gasteiger partial charge in [-0.2, -0.15) is 13.2 Å². The van der Waals surface area contributed by atoms with E-state index >= 15 is 0 Å². The van der Waals surface area contributed by atoms with E-state index in [0.29, 0.717) is 29.6 Å². The predicted octanol–water partition coefficient (Wildman–Crippen LogP) is 10.3. The second-order valence-electron chi connectivity index (χ2n) is 12.3. The van der Waals surface area contributed by atoms with Gasteiger partial charge in [0.05, 0.1) is 18.8 Å². The van der Waals surface area contributed by atoms with E-state index in [2.05, 4.69) is 0 Å². The van der Waals surface area contributed by atoms with Gasteiger partial charge < -0.3 is 14.2 Å². The molecular formula is C37H42F4O4. The van der Waals surface area contributed by atoms with E-state index in [1.54, 1.807) is 31.2 Å². The highest BCUT2D eigenvalue weighted by Gasteiger charge is 2.34. The zero-order valence-corrected chi connectivity index (χ0v) is 26.1. The molecule has 2 aliphatic carbocycles. The molecule has 0 atom stereocenters. The number of esters is 1. The molecular weight excluding hydrogens is 584 g/mol. The number of rotatable bonds is 11. The first-order chi connectivity index (χ1) is 21.8. The van der Waals surface area contributed by atoms with Crippen molar-refractivity contribution in [3.8, 4) is 17.2 Å². The molecule has 5 rings (SSSR count). The maximum absolute atomic E-state index is 15.0. The second-order valence-corrected chi connectivity index (χ2v) is 12.3. The number of hydrogen-bond donors (Lipinski definition) is 0. The number of hydrogen-bond acceptors (Lipinski definition) is 4. The van der Waals surface area contributed by atoms with Gasteiger partial charge >= 0.3 is 5.97 Å². The molecule has 45 heavy (non-hydrogen) atoms. The smallest absolute Gasteiger partial charge is 0.343 e. The molecule has 2 aliphatic rings. The lowest BCUT2D eigenvalue weighted by Gasteiger charge is -2.38. The fraction of sp³-hybridized carbons (Fsp3) is 0.486. The van der Waals surface area contributed by atoms with Crippen LogP contribution in [0.15, 0.2) is 48.5 Å². The van der Waals surface area contributed by atoms with Crippen molar-refractivity contribution < 1.29 is 36.6 Å². The van der Waals surface area contributed by atoms with Crippen LogP contribution in [0.3, 0.4) is 0 Å². The molecule has 0 radical (unpaired) electrons. The minimum Gasteiger partial charge on any atom is -0.491 e.